The second kappa shape index (κ2) is 7.74. The van der Waals surface area contributed by atoms with Crippen LogP contribution in [0.15, 0.2) is 33.7 Å². The number of hydrogen-bond acceptors (Lipinski definition) is 3. The predicted molar refractivity (Wildman–Crippen MR) is 78.4 cm³/mol. The van der Waals surface area contributed by atoms with Crippen LogP contribution in [0, 0.1) is 0 Å². The fourth-order valence-electron chi connectivity index (χ4n) is 1.30. The van der Waals surface area contributed by atoms with Crippen LogP contribution in [0.3, 0.4) is 0 Å². The number of nitrogens with zero attached hydrogens (tertiary/aromatic N) is 1. The third-order valence-corrected chi connectivity index (χ3v) is 3.72. The average Bonchev–Trinajstić information content (AvgIpc) is 2.28. The van der Waals surface area contributed by atoms with Gasteiger partial charge in [-0.3, -0.25) is 4.99 Å². The van der Waals surface area contributed by atoms with Gasteiger partial charge in [0.25, 0.3) is 0 Å². The molecule has 0 aromatic heterocycles. The van der Waals surface area contributed by atoms with E-state index in [0.717, 1.165) is 10.2 Å². The number of hydrogen-bond donors (Lipinski definition) is 1. The zero-order valence-electron chi connectivity index (χ0n) is 10.0. The first-order valence-electron chi connectivity index (χ1n) is 5.32. The zero-order valence-corrected chi connectivity index (χ0v) is 12.4. The second-order valence-electron chi connectivity index (χ2n) is 3.65. The minimum Gasteiger partial charge on any atom is -0.382 e. The Morgan fingerprint density at radius 1 is 1.53 bits per heavy atom. The number of methoxy groups -OCH3 is 1. The molecule has 0 amide bonds. The maximum absolute atomic E-state index is 5.84. The summed E-state index contributed by atoms with van der Waals surface area (Å²) in [6, 6.07) is 8.21. The van der Waals surface area contributed by atoms with Gasteiger partial charge in [-0.1, -0.05) is 45.9 Å². The Hall–Kier alpha value is -0.520. The van der Waals surface area contributed by atoms with Crippen LogP contribution in [-0.2, 0) is 10.5 Å². The Morgan fingerprint density at radius 2 is 2.24 bits per heavy atom. The third-order valence-electron chi connectivity index (χ3n) is 2.09. The van der Waals surface area contributed by atoms with Crippen LogP contribution in [0.5, 0.6) is 0 Å². The first-order valence-corrected chi connectivity index (χ1v) is 7.09. The Morgan fingerprint density at radius 3 is 2.88 bits per heavy atom. The number of nitrogens with two attached hydrogens (primary N) is 1. The lowest BCUT2D eigenvalue weighted by Gasteiger charge is -2.07. The number of halogens is 1. The van der Waals surface area contributed by atoms with E-state index in [2.05, 4.69) is 27.0 Å². The number of aliphatic imine (C=N–C) groups is 1. The Balaban J connectivity index is 2.48. The lowest BCUT2D eigenvalue weighted by Crippen LogP contribution is -2.15. The summed E-state index contributed by atoms with van der Waals surface area (Å²) in [5.74, 6) is 0.816. The van der Waals surface area contributed by atoms with Crippen LogP contribution in [0.2, 0.25) is 0 Å². The summed E-state index contributed by atoms with van der Waals surface area (Å²) in [6.07, 6.45) is 0. The summed E-state index contributed by atoms with van der Waals surface area (Å²) in [5, 5.41) is 0.602. The van der Waals surface area contributed by atoms with Gasteiger partial charge in [0.1, 0.15) is 0 Å². The molecular weight excluding hydrogens is 300 g/mol. The summed E-state index contributed by atoms with van der Waals surface area (Å²) in [6.45, 7) is 2.58. The van der Waals surface area contributed by atoms with Crippen molar-refractivity contribution in [2.24, 2.45) is 10.7 Å². The molecule has 0 bridgehead atoms. The molecule has 0 saturated heterocycles. The molecule has 2 N–H and O–H groups in total. The first kappa shape index (κ1) is 14.5. The first-order chi connectivity index (χ1) is 8.13. The summed E-state index contributed by atoms with van der Waals surface area (Å²) in [7, 11) is 1.66. The van der Waals surface area contributed by atoms with Crippen molar-refractivity contribution in [3.63, 3.8) is 0 Å². The third kappa shape index (κ3) is 5.57. The quantitative estimate of drug-likeness (QED) is 0.671. The smallest absolute Gasteiger partial charge is 0.154 e. The van der Waals surface area contributed by atoms with E-state index in [-0.39, 0.29) is 6.04 Å². The van der Waals surface area contributed by atoms with Gasteiger partial charge < -0.3 is 10.5 Å². The molecule has 1 atom stereocenters. The molecule has 1 aromatic carbocycles. The zero-order chi connectivity index (χ0) is 12.7. The van der Waals surface area contributed by atoms with Crippen molar-refractivity contribution in [1.29, 1.82) is 0 Å². The molecule has 0 radical (unpaired) electrons. The molecule has 0 fully saturated rings. The molecule has 1 rings (SSSR count). The van der Waals surface area contributed by atoms with E-state index < -0.39 is 0 Å². The highest BCUT2D eigenvalue weighted by Gasteiger charge is 2.03. The number of ether oxygens (including phenoxy) is 1. The van der Waals surface area contributed by atoms with Gasteiger partial charge in [-0.15, -0.1) is 0 Å². The number of amidine groups is 1. The van der Waals surface area contributed by atoms with Gasteiger partial charge in [0.05, 0.1) is 12.6 Å². The molecule has 1 aromatic rings. The Labute approximate surface area is 115 Å². The summed E-state index contributed by atoms with van der Waals surface area (Å²) >= 11 is 5.05. The van der Waals surface area contributed by atoms with Gasteiger partial charge in [0.15, 0.2) is 5.17 Å². The van der Waals surface area contributed by atoms with Crippen molar-refractivity contribution in [2.75, 3.05) is 13.7 Å². The molecule has 3 nitrogen and oxygen atoms in total. The van der Waals surface area contributed by atoms with Gasteiger partial charge in [0, 0.05) is 17.3 Å². The fraction of sp³-hybridized carbons (Fsp3) is 0.417. The van der Waals surface area contributed by atoms with E-state index >= 15 is 0 Å². The predicted octanol–water partition coefficient (Wildman–Crippen LogP) is 3.03. The van der Waals surface area contributed by atoms with Crippen LogP contribution in [0.1, 0.15) is 12.5 Å². The Kier molecular flexibility index (Phi) is 6.62. The van der Waals surface area contributed by atoms with Crippen LogP contribution in [0.25, 0.3) is 0 Å². The highest BCUT2D eigenvalue weighted by molar-refractivity contribution is 9.10. The van der Waals surface area contributed by atoms with Crippen LogP contribution >= 0.6 is 27.7 Å². The van der Waals surface area contributed by atoms with Crippen LogP contribution < -0.4 is 5.73 Å². The average molecular weight is 317 g/mol. The number of thioether (sulfide) groups is 1. The lowest BCUT2D eigenvalue weighted by molar-refractivity contribution is 0.186. The molecule has 0 aliphatic heterocycles. The minimum absolute atomic E-state index is 0.103. The van der Waals surface area contributed by atoms with E-state index in [0.29, 0.717) is 11.8 Å². The summed E-state index contributed by atoms with van der Waals surface area (Å²) in [4.78, 5) is 4.33. The second-order valence-corrected chi connectivity index (χ2v) is 5.50. The molecule has 0 saturated carbocycles. The van der Waals surface area contributed by atoms with E-state index in [4.69, 9.17) is 10.5 Å². The number of benzene rings is 1. The molecule has 94 valence electrons. The summed E-state index contributed by atoms with van der Waals surface area (Å²) < 4.78 is 6.11. The van der Waals surface area contributed by atoms with Crippen LogP contribution in [-0.4, -0.2) is 24.9 Å². The SMILES string of the molecule is COC[C@@H](C)N=C(N)SCc1ccccc1Br. The molecule has 0 unspecified atom stereocenters. The molecule has 0 aliphatic carbocycles. The molecule has 5 heteroatoms. The number of rotatable bonds is 5. The van der Waals surface area contributed by atoms with Crippen molar-refractivity contribution >= 4 is 32.9 Å². The van der Waals surface area contributed by atoms with E-state index in [1.165, 1.54) is 5.56 Å². The maximum atomic E-state index is 5.84. The van der Waals surface area contributed by atoms with E-state index in [1.54, 1.807) is 18.9 Å². The van der Waals surface area contributed by atoms with E-state index in [1.807, 2.05) is 25.1 Å². The standard InChI is InChI=1S/C12H17BrN2OS/c1-9(7-16-2)15-12(14)17-8-10-5-3-4-6-11(10)13/h3-6,9H,7-8H2,1-2H3,(H2,14,15)/t9-/m1/s1. The minimum atomic E-state index is 0.103. The monoisotopic (exact) mass is 316 g/mol. The summed E-state index contributed by atoms with van der Waals surface area (Å²) in [5.41, 5.74) is 7.06. The van der Waals surface area contributed by atoms with Crippen LogP contribution in [0.4, 0.5) is 0 Å². The van der Waals surface area contributed by atoms with Gasteiger partial charge >= 0.3 is 0 Å². The van der Waals surface area contributed by atoms with Crippen molar-refractivity contribution in [2.45, 2.75) is 18.7 Å². The largest absolute Gasteiger partial charge is 0.382 e. The lowest BCUT2D eigenvalue weighted by atomic mass is 10.2. The maximum Gasteiger partial charge on any atom is 0.154 e. The molecule has 17 heavy (non-hydrogen) atoms. The highest BCUT2D eigenvalue weighted by Crippen LogP contribution is 2.21. The fourth-order valence-corrected chi connectivity index (χ4v) is 2.72. The van der Waals surface area contributed by atoms with Gasteiger partial charge in [0.2, 0.25) is 0 Å². The van der Waals surface area contributed by atoms with Gasteiger partial charge in [-0.2, -0.15) is 0 Å². The van der Waals surface area contributed by atoms with Gasteiger partial charge in [-0.05, 0) is 18.6 Å². The molecule has 0 heterocycles. The Bertz CT molecular complexity index is 385. The van der Waals surface area contributed by atoms with E-state index in [9.17, 15) is 0 Å². The normalized spacial score (nSPS) is 13.7. The molecule has 0 spiro atoms. The van der Waals surface area contributed by atoms with Crippen molar-refractivity contribution in [3.8, 4) is 0 Å². The highest BCUT2D eigenvalue weighted by atomic mass is 79.9. The topological polar surface area (TPSA) is 47.6 Å². The van der Waals surface area contributed by atoms with Crippen molar-refractivity contribution in [1.82, 2.24) is 0 Å². The molecular formula is C12H17BrN2OS. The van der Waals surface area contributed by atoms with Crippen molar-refractivity contribution < 1.29 is 4.74 Å². The van der Waals surface area contributed by atoms with Gasteiger partial charge in [-0.25, -0.2) is 0 Å². The van der Waals surface area contributed by atoms with Crippen molar-refractivity contribution in [3.05, 3.63) is 34.3 Å². The molecule has 0 aliphatic rings.